The quantitative estimate of drug-likeness (QED) is 0.881. The largest absolute Gasteiger partial charge is 0.494 e. The number of benzene rings is 1. The van der Waals surface area contributed by atoms with E-state index in [1.807, 2.05) is 6.92 Å². The SMILES string of the molecule is COc1cc2c(NC(C)COC3CCOC3)ncnc2cc1F. The number of aromatic nitrogens is 2. The molecule has 2 aromatic rings. The van der Waals surface area contributed by atoms with Gasteiger partial charge in [-0.15, -0.1) is 0 Å². The molecule has 2 atom stereocenters. The second kappa shape index (κ2) is 7.06. The van der Waals surface area contributed by atoms with Crippen LogP contribution >= 0.6 is 0 Å². The summed E-state index contributed by atoms with van der Waals surface area (Å²) in [6.07, 6.45) is 2.50. The van der Waals surface area contributed by atoms with E-state index in [1.54, 1.807) is 6.07 Å². The van der Waals surface area contributed by atoms with Crippen LogP contribution in [0.15, 0.2) is 18.5 Å². The lowest BCUT2D eigenvalue weighted by Gasteiger charge is -2.18. The Kier molecular flexibility index (Phi) is 4.88. The van der Waals surface area contributed by atoms with Gasteiger partial charge in [0.25, 0.3) is 0 Å². The highest BCUT2D eigenvalue weighted by molar-refractivity contribution is 5.90. The first-order valence-corrected chi connectivity index (χ1v) is 7.61. The molecule has 1 aliphatic rings. The van der Waals surface area contributed by atoms with Crippen LogP contribution in [0.3, 0.4) is 0 Å². The van der Waals surface area contributed by atoms with Crippen molar-refractivity contribution in [1.29, 1.82) is 0 Å². The molecule has 1 aromatic carbocycles. The first-order chi connectivity index (χ1) is 11.2. The zero-order valence-electron chi connectivity index (χ0n) is 13.2. The van der Waals surface area contributed by atoms with Gasteiger partial charge in [0.15, 0.2) is 11.6 Å². The molecule has 0 spiro atoms. The number of nitrogens with zero attached hydrogens (tertiary/aromatic N) is 2. The standard InChI is InChI=1S/C16H20FN3O3/c1-10(7-23-11-3-4-22-8-11)20-16-12-5-15(21-2)13(17)6-14(12)18-9-19-16/h5-6,9-11H,3-4,7-8H2,1-2H3,(H,18,19,20). The fourth-order valence-electron chi connectivity index (χ4n) is 2.53. The molecule has 1 aromatic heterocycles. The molecule has 7 heteroatoms. The van der Waals surface area contributed by atoms with Gasteiger partial charge < -0.3 is 19.5 Å². The van der Waals surface area contributed by atoms with Gasteiger partial charge in [0.2, 0.25) is 0 Å². The van der Waals surface area contributed by atoms with Crippen molar-refractivity contribution in [3.8, 4) is 5.75 Å². The molecular formula is C16H20FN3O3. The van der Waals surface area contributed by atoms with E-state index in [0.29, 0.717) is 29.9 Å². The molecule has 0 bridgehead atoms. The van der Waals surface area contributed by atoms with Gasteiger partial charge in [-0.05, 0) is 19.4 Å². The minimum absolute atomic E-state index is 0.0461. The van der Waals surface area contributed by atoms with Crippen LogP contribution < -0.4 is 10.1 Å². The number of hydrogen-bond acceptors (Lipinski definition) is 6. The van der Waals surface area contributed by atoms with Crippen molar-refractivity contribution < 1.29 is 18.6 Å². The van der Waals surface area contributed by atoms with Crippen LogP contribution in [0.1, 0.15) is 13.3 Å². The highest BCUT2D eigenvalue weighted by Crippen LogP contribution is 2.27. The van der Waals surface area contributed by atoms with Crippen molar-refractivity contribution in [3.63, 3.8) is 0 Å². The maximum atomic E-state index is 13.8. The molecule has 0 amide bonds. The van der Waals surface area contributed by atoms with Crippen molar-refractivity contribution in [2.75, 3.05) is 32.2 Å². The number of methoxy groups -OCH3 is 1. The van der Waals surface area contributed by atoms with Gasteiger partial charge in [-0.3, -0.25) is 0 Å². The average molecular weight is 321 g/mol. The molecule has 124 valence electrons. The van der Waals surface area contributed by atoms with Crippen LogP contribution in [-0.4, -0.2) is 49.0 Å². The van der Waals surface area contributed by atoms with E-state index in [9.17, 15) is 4.39 Å². The molecule has 2 unspecified atom stereocenters. The van der Waals surface area contributed by atoms with Gasteiger partial charge in [0.05, 0.1) is 31.9 Å². The summed E-state index contributed by atoms with van der Waals surface area (Å²) in [6.45, 7) is 3.95. The minimum Gasteiger partial charge on any atom is -0.494 e. The Balaban J connectivity index is 1.73. The molecule has 0 aliphatic carbocycles. The maximum absolute atomic E-state index is 13.8. The molecule has 3 rings (SSSR count). The summed E-state index contributed by atoms with van der Waals surface area (Å²) in [5, 5.41) is 3.99. The van der Waals surface area contributed by atoms with Crippen molar-refractivity contribution in [2.45, 2.75) is 25.5 Å². The summed E-state index contributed by atoms with van der Waals surface area (Å²) < 4.78 is 29.9. The van der Waals surface area contributed by atoms with Crippen molar-refractivity contribution in [1.82, 2.24) is 9.97 Å². The predicted octanol–water partition coefficient (Wildman–Crippen LogP) is 2.38. The second-order valence-electron chi connectivity index (χ2n) is 5.59. The number of halogens is 1. The van der Waals surface area contributed by atoms with Gasteiger partial charge in [0.1, 0.15) is 12.1 Å². The van der Waals surface area contributed by atoms with E-state index in [-0.39, 0.29) is 17.9 Å². The number of nitrogens with one attached hydrogen (secondary N) is 1. The second-order valence-corrected chi connectivity index (χ2v) is 5.59. The third-order valence-electron chi connectivity index (χ3n) is 3.76. The van der Waals surface area contributed by atoms with E-state index in [4.69, 9.17) is 14.2 Å². The number of fused-ring (bicyclic) bond motifs is 1. The maximum Gasteiger partial charge on any atom is 0.167 e. The van der Waals surface area contributed by atoms with Crippen LogP contribution in [0.2, 0.25) is 0 Å². The Morgan fingerprint density at radius 1 is 1.43 bits per heavy atom. The zero-order chi connectivity index (χ0) is 16.2. The molecule has 1 saturated heterocycles. The molecule has 23 heavy (non-hydrogen) atoms. The smallest absolute Gasteiger partial charge is 0.167 e. The minimum atomic E-state index is -0.442. The number of ether oxygens (including phenoxy) is 3. The van der Waals surface area contributed by atoms with Crippen LogP contribution in [-0.2, 0) is 9.47 Å². The molecule has 2 heterocycles. The summed E-state index contributed by atoms with van der Waals surface area (Å²) in [7, 11) is 1.43. The molecule has 0 saturated carbocycles. The Bertz CT molecular complexity index is 677. The van der Waals surface area contributed by atoms with Gasteiger partial charge in [-0.1, -0.05) is 0 Å². The summed E-state index contributed by atoms with van der Waals surface area (Å²) >= 11 is 0. The number of rotatable bonds is 6. The molecule has 1 N–H and O–H groups in total. The van der Waals surface area contributed by atoms with E-state index >= 15 is 0 Å². The van der Waals surface area contributed by atoms with Crippen molar-refractivity contribution in [2.24, 2.45) is 0 Å². The van der Waals surface area contributed by atoms with Gasteiger partial charge in [0, 0.05) is 24.1 Å². The van der Waals surface area contributed by atoms with Crippen LogP contribution in [0, 0.1) is 5.82 Å². The fraction of sp³-hybridized carbons (Fsp3) is 0.500. The molecule has 1 aliphatic heterocycles. The van der Waals surface area contributed by atoms with E-state index in [0.717, 1.165) is 13.0 Å². The Hall–Kier alpha value is -1.99. The van der Waals surface area contributed by atoms with Crippen LogP contribution in [0.25, 0.3) is 10.9 Å². The summed E-state index contributed by atoms with van der Waals surface area (Å²) in [4.78, 5) is 8.35. The Morgan fingerprint density at radius 3 is 3.04 bits per heavy atom. The summed E-state index contributed by atoms with van der Waals surface area (Å²) in [5.41, 5.74) is 0.526. The van der Waals surface area contributed by atoms with Crippen LogP contribution in [0.4, 0.5) is 10.2 Å². The predicted molar refractivity (Wildman–Crippen MR) is 84.3 cm³/mol. The lowest BCUT2D eigenvalue weighted by atomic mass is 10.2. The number of anilines is 1. The van der Waals surface area contributed by atoms with E-state index in [2.05, 4.69) is 15.3 Å². The summed E-state index contributed by atoms with van der Waals surface area (Å²) in [5.74, 6) is 0.358. The topological polar surface area (TPSA) is 65.5 Å². The van der Waals surface area contributed by atoms with E-state index < -0.39 is 5.82 Å². The fourth-order valence-corrected chi connectivity index (χ4v) is 2.53. The lowest BCUT2D eigenvalue weighted by molar-refractivity contribution is 0.0395. The molecule has 1 fully saturated rings. The van der Waals surface area contributed by atoms with E-state index in [1.165, 1.54) is 19.5 Å². The van der Waals surface area contributed by atoms with Crippen molar-refractivity contribution in [3.05, 3.63) is 24.3 Å². The lowest BCUT2D eigenvalue weighted by Crippen LogP contribution is -2.26. The Morgan fingerprint density at radius 2 is 2.30 bits per heavy atom. The zero-order valence-corrected chi connectivity index (χ0v) is 13.2. The average Bonchev–Trinajstić information content (AvgIpc) is 3.06. The monoisotopic (exact) mass is 321 g/mol. The third-order valence-corrected chi connectivity index (χ3v) is 3.76. The molecular weight excluding hydrogens is 301 g/mol. The van der Waals surface area contributed by atoms with Crippen molar-refractivity contribution >= 4 is 16.7 Å². The highest BCUT2D eigenvalue weighted by atomic mass is 19.1. The van der Waals surface area contributed by atoms with Gasteiger partial charge in [-0.25, -0.2) is 14.4 Å². The van der Waals surface area contributed by atoms with Gasteiger partial charge >= 0.3 is 0 Å². The normalized spacial score (nSPS) is 19.0. The summed E-state index contributed by atoms with van der Waals surface area (Å²) in [6, 6.07) is 2.99. The first-order valence-electron chi connectivity index (χ1n) is 7.61. The first kappa shape index (κ1) is 15.9. The number of hydrogen-bond donors (Lipinski definition) is 1. The molecule has 6 nitrogen and oxygen atoms in total. The highest BCUT2D eigenvalue weighted by Gasteiger charge is 2.18. The van der Waals surface area contributed by atoms with Gasteiger partial charge in [-0.2, -0.15) is 0 Å². The molecule has 0 radical (unpaired) electrons. The Labute approximate surface area is 134 Å². The van der Waals surface area contributed by atoms with Crippen LogP contribution in [0.5, 0.6) is 5.75 Å². The third kappa shape index (κ3) is 3.68.